The van der Waals surface area contributed by atoms with Gasteiger partial charge in [-0.2, -0.15) is 0 Å². The van der Waals surface area contributed by atoms with Gasteiger partial charge >= 0.3 is 5.97 Å². The minimum Gasteiger partial charge on any atom is -0.458 e. The van der Waals surface area contributed by atoms with E-state index >= 15 is 0 Å². The number of ether oxygens (including phenoxy) is 1. The second-order valence-corrected chi connectivity index (χ2v) is 3.60. The molecule has 3 heteroatoms. The Hall–Kier alpha value is -1.35. The van der Waals surface area contributed by atoms with E-state index in [2.05, 4.69) is 0 Å². The molecule has 0 unspecified atom stereocenters. The average Bonchev–Trinajstić information content (AvgIpc) is 2.17. The van der Waals surface area contributed by atoms with Crippen molar-refractivity contribution in [3.05, 3.63) is 35.9 Å². The van der Waals surface area contributed by atoms with E-state index in [9.17, 15) is 4.79 Å². The molecule has 0 fully saturated rings. The molecule has 2 atom stereocenters. The van der Waals surface area contributed by atoms with E-state index in [4.69, 9.17) is 9.84 Å². The van der Waals surface area contributed by atoms with Crippen LogP contribution in [0.5, 0.6) is 0 Å². The fourth-order valence-corrected chi connectivity index (χ4v) is 1.28. The number of rotatable bonds is 4. The van der Waals surface area contributed by atoms with Gasteiger partial charge < -0.3 is 9.84 Å². The van der Waals surface area contributed by atoms with Crippen LogP contribution in [0.2, 0.25) is 0 Å². The van der Waals surface area contributed by atoms with Crippen LogP contribution >= 0.6 is 0 Å². The molecule has 1 aromatic rings. The Morgan fingerprint density at radius 2 is 1.93 bits per heavy atom. The van der Waals surface area contributed by atoms with Crippen molar-refractivity contribution in [1.82, 2.24) is 0 Å². The van der Waals surface area contributed by atoms with Gasteiger partial charge in [-0.15, -0.1) is 0 Å². The Balaban J connectivity index is 2.49. The first-order chi connectivity index (χ1) is 7.09. The number of carbonyl (C=O) groups is 1. The van der Waals surface area contributed by atoms with Crippen LogP contribution in [0.15, 0.2) is 30.3 Å². The molecule has 0 spiro atoms. The third kappa shape index (κ3) is 4.13. The summed E-state index contributed by atoms with van der Waals surface area (Å²) < 4.78 is 5.15. The molecular formula is C12H16O3. The fraction of sp³-hybridized carbons (Fsp3) is 0.417. The standard InChI is InChI=1S/C12H16O3/c1-9(13)8-12(14)15-10(2)11-6-4-3-5-7-11/h3-7,9-10,13H,8H2,1-2H3/t9-,10+/m1/s1. The summed E-state index contributed by atoms with van der Waals surface area (Å²) in [5, 5.41) is 9.01. The summed E-state index contributed by atoms with van der Waals surface area (Å²) in [7, 11) is 0. The predicted octanol–water partition coefficient (Wildman–Crippen LogP) is 2.06. The molecule has 82 valence electrons. The van der Waals surface area contributed by atoms with Crippen molar-refractivity contribution in [3.8, 4) is 0 Å². The Morgan fingerprint density at radius 3 is 2.47 bits per heavy atom. The van der Waals surface area contributed by atoms with Crippen LogP contribution in [0.1, 0.15) is 31.9 Å². The van der Waals surface area contributed by atoms with Gasteiger partial charge in [0, 0.05) is 0 Å². The number of aliphatic hydroxyl groups excluding tert-OH is 1. The second-order valence-electron chi connectivity index (χ2n) is 3.60. The number of hydrogen-bond acceptors (Lipinski definition) is 3. The lowest BCUT2D eigenvalue weighted by atomic mass is 10.1. The monoisotopic (exact) mass is 208 g/mol. The number of hydrogen-bond donors (Lipinski definition) is 1. The minimum absolute atomic E-state index is 0.0389. The topological polar surface area (TPSA) is 46.5 Å². The molecule has 0 amide bonds. The quantitative estimate of drug-likeness (QED) is 0.770. The maximum absolute atomic E-state index is 11.3. The van der Waals surface area contributed by atoms with Gasteiger partial charge in [0.05, 0.1) is 12.5 Å². The summed E-state index contributed by atoms with van der Waals surface area (Å²) in [5.41, 5.74) is 0.955. The summed E-state index contributed by atoms with van der Waals surface area (Å²) in [6.45, 7) is 3.38. The molecule has 1 aromatic carbocycles. The van der Waals surface area contributed by atoms with E-state index < -0.39 is 6.10 Å². The van der Waals surface area contributed by atoms with E-state index in [1.165, 1.54) is 0 Å². The van der Waals surface area contributed by atoms with Crippen LogP contribution in [-0.4, -0.2) is 17.2 Å². The highest BCUT2D eigenvalue weighted by molar-refractivity contribution is 5.70. The van der Waals surface area contributed by atoms with Crippen LogP contribution in [0.25, 0.3) is 0 Å². The molecule has 0 aromatic heterocycles. The average molecular weight is 208 g/mol. The van der Waals surface area contributed by atoms with Gasteiger partial charge in [-0.1, -0.05) is 30.3 Å². The van der Waals surface area contributed by atoms with Crippen molar-refractivity contribution in [2.45, 2.75) is 32.5 Å². The van der Waals surface area contributed by atoms with Crippen molar-refractivity contribution in [2.24, 2.45) is 0 Å². The molecule has 15 heavy (non-hydrogen) atoms. The van der Waals surface area contributed by atoms with E-state index in [1.54, 1.807) is 6.92 Å². The summed E-state index contributed by atoms with van der Waals surface area (Å²) in [4.78, 5) is 11.3. The van der Waals surface area contributed by atoms with Gasteiger partial charge in [0.1, 0.15) is 6.10 Å². The van der Waals surface area contributed by atoms with Crippen LogP contribution in [0.4, 0.5) is 0 Å². The molecule has 0 radical (unpaired) electrons. The summed E-state index contributed by atoms with van der Waals surface area (Å²) in [6, 6.07) is 9.51. The highest BCUT2D eigenvalue weighted by atomic mass is 16.5. The van der Waals surface area contributed by atoms with Gasteiger partial charge in [-0.3, -0.25) is 4.79 Å². The normalized spacial score (nSPS) is 14.3. The van der Waals surface area contributed by atoms with Gasteiger partial charge in [-0.25, -0.2) is 0 Å². The van der Waals surface area contributed by atoms with Crippen molar-refractivity contribution >= 4 is 5.97 Å². The maximum Gasteiger partial charge on any atom is 0.309 e. The number of benzene rings is 1. The zero-order valence-electron chi connectivity index (χ0n) is 9.01. The van der Waals surface area contributed by atoms with Gasteiger partial charge in [-0.05, 0) is 19.4 Å². The lowest BCUT2D eigenvalue weighted by Gasteiger charge is -2.14. The van der Waals surface area contributed by atoms with Gasteiger partial charge in [0.2, 0.25) is 0 Å². The highest BCUT2D eigenvalue weighted by Gasteiger charge is 2.12. The van der Waals surface area contributed by atoms with Crippen molar-refractivity contribution < 1.29 is 14.6 Å². The first-order valence-corrected chi connectivity index (χ1v) is 5.02. The Labute approximate surface area is 89.7 Å². The zero-order valence-corrected chi connectivity index (χ0v) is 9.01. The summed E-state index contributed by atoms with van der Waals surface area (Å²) in [5.74, 6) is -0.374. The zero-order chi connectivity index (χ0) is 11.3. The van der Waals surface area contributed by atoms with E-state index in [0.717, 1.165) is 5.56 Å². The molecule has 0 saturated carbocycles. The predicted molar refractivity (Wildman–Crippen MR) is 57.2 cm³/mol. The Kier molecular flexibility index (Phi) is 4.31. The SMILES string of the molecule is C[C@H](OC(=O)C[C@@H](C)O)c1ccccc1. The first kappa shape index (κ1) is 11.7. The van der Waals surface area contributed by atoms with Crippen LogP contribution in [0, 0.1) is 0 Å². The van der Waals surface area contributed by atoms with Crippen molar-refractivity contribution in [2.75, 3.05) is 0 Å². The first-order valence-electron chi connectivity index (χ1n) is 5.02. The third-order valence-corrected chi connectivity index (χ3v) is 2.04. The summed E-state index contributed by atoms with van der Waals surface area (Å²) >= 11 is 0. The molecule has 0 saturated heterocycles. The third-order valence-electron chi connectivity index (χ3n) is 2.04. The minimum atomic E-state index is -0.652. The number of esters is 1. The lowest BCUT2D eigenvalue weighted by Crippen LogP contribution is -2.14. The number of carbonyl (C=O) groups excluding carboxylic acids is 1. The van der Waals surface area contributed by atoms with Gasteiger partial charge in [0.25, 0.3) is 0 Å². The van der Waals surface area contributed by atoms with E-state index in [-0.39, 0.29) is 18.5 Å². The number of aliphatic hydroxyl groups is 1. The smallest absolute Gasteiger partial charge is 0.309 e. The lowest BCUT2D eigenvalue weighted by molar-refractivity contribution is -0.150. The van der Waals surface area contributed by atoms with E-state index in [0.29, 0.717) is 0 Å². The van der Waals surface area contributed by atoms with Crippen molar-refractivity contribution in [3.63, 3.8) is 0 Å². The second kappa shape index (κ2) is 5.51. The Morgan fingerprint density at radius 1 is 1.33 bits per heavy atom. The molecule has 1 N–H and O–H groups in total. The van der Waals surface area contributed by atoms with Crippen LogP contribution in [0.3, 0.4) is 0 Å². The summed E-state index contributed by atoms with van der Waals surface area (Å²) in [6.07, 6.45) is -0.880. The van der Waals surface area contributed by atoms with Crippen molar-refractivity contribution in [1.29, 1.82) is 0 Å². The van der Waals surface area contributed by atoms with Gasteiger partial charge in [0.15, 0.2) is 0 Å². The molecule has 0 aliphatic rings. The molecule has 1 rings (SSSR count). The maximum atomic E-state index is 11.3. The van der Waals surface area contributed by atoms with Crippen LogP contribution < -0.4 is 0 Å². The van der Waals surface area contributed by atoms with E-state index in [1.807, 2.05) is 37.3 Å². The molecule has 0 aliphatic heterocycles. The molecule has 3 nitrogen and oxygen atoms in total. The molecule has 0 bridgehead atoms. The highest BCUT2D eigenvalue weighted by Crippen LogP contribution is 2.16. The molecular weight excluding hydrogens is 192 g/mol. The Bertz CT molecular complexity index is 306. The molecule has 0 aliphatic carbocycles. The van der Waals surface area contributed by atoms with Crippen LogP contribution in [-0.2, 0) is 9.53 Å². The molecule has 0 heterocycles. The fourth-order valence-electron chi connectivity index (χ4n) is 1.28. The largest absolute Gasteiger partial charge is 0.458 e.